The molecule has 0 unspecified atom stereocenters. The molecule has 1 rings (SSSR count). The van der Waals surface area contributed by atoms with Crippen molar-refractivity contribution >= 4 is 6.21 Å². The molecule has 0 saturated carbocycles. The number of hydrogen-bond donors (Lipinski definition) is 0. The molecule has 0 aliphatic rings. The maximum atomic E-state index is 4.80. The molecule has 0 spiro atoms. The van der Waals surface area contributed by atoms with E-state index < -0.39 is 0 Å². The van der Waals surface area contributed by atoms with Gasteiger partial charge in [-0.2, -0.15) is 0 Å². The fourth-order valence-corrected chi connectivity index (χ4v) is 0.499. The van der Waals surface area contributed by atoms with Crippen molar-refractivity contribution in [2.24, 2.45) is 5.16 Å². The SMILES string of the molecule is [CH2]C=NOc1cccnc1. The third-order valence-corrected chi connectivity index (χ3v) is 0.867. The molecule has 1 radical (unpaired) electrons. The second-order valence-electron chi connectivity index (χ2n) is 1.57. The van der Waals surface area contributed by atoms with Gasteiger partial charge in [-0.25, -0.2) is 0 Å². The van der Waals surface area contributed by atoms with E-state index in [-0.39, 0.29) is 0 Å². The number of rotatable bonds is 2. The van der Waals surface area contributed by atoms with Gasteiger partial charge in [0.15, 0.2) is 5.75 Å². The lowest BCUT2D eigenvalue weighted by atomic mass is 10.5. The van der Waals surface area contributed by atoms with Crippen LogP contribution in [0.4, 0.5) is 0 Å². The minimum absolute atomic E-state index is 0.613. The molecule has 0 saturated heterocycles. The third-order valence-electron chi connectivity index (χ3n) is 0.867. The summed E-state index contributed by atoms with van der Waals surface area (Å²) in [5, 5.41) is 3.47. The van der Waals surface area contributed by atoms with Crippen LogP contribution >= 0.6 is 0 Å². The number of pyridine rings is 1. The van der Waals surface area contributed by atoms with Crippen molar-refractivity contribution in [2.45, 2.75) is 0 Å². The second kappa shape index (κ2) is 3.61. The largest absolute Gasteiger partial charge is 0.356 e. The highest BCUT2D eigenvalue weighted by Gasteiger charge is 1.85. The Morgan fingerprint density at radius 2 is 2.60 bits per heavy atom. The summed E-state index contributed by atoms with van der Waals surface area (Å²) < 4.78 is 0. The van der Waals surface area contributed by atoms with Gasteiger partial charge in [-0.15, -0.1) is 0 Å². The van der Waals surface area contributed by atoms with E-state index in [4.69, 9.17) is 4.84 Å². The molecule has 0 bridgehead atoms. The summed E-state index contributed by atoms with van der Waals surface area (Å²) in [5.74, 6) is 0.613. The zero-order chi connectivity index (χ0) is 7.23. The number of hydrogen-bond acceptors (Lipinski definition) is 3. The number of nitrogens with zero attached hydrogens (tertiary/aromatic N) is 2. The van der Waals surface area contributed by atoms with E-state index in [1.54, 1.807) is 24.5 Å². The Morgan fingerprint density at radius 3 is 3.20 bits per heavy atom. The summed E-state index contributed by atoms with van der Waals surface area (Å²) in [6.07, 6.45) is 4.57. The second-order valence-corrected chi connectivity index (χ2v) is 1.57. The van der Waals surface area contributed by atoms with Crippen molar-refractivity contribution < 1.29 is 4.84 Å². The molecule has 0 aliphatic heterocycles. The van der Waals surface area contributed by atoms with Crippen LogP contribution in [0, 0.1) is 6.92 Å². The van der Waals surface area contributed by atoms with Crippen LogP contribution < -0.4 is 4.84 Å². The molecule has 51 valence electrons. The quantitative estimate of drug-likeness (QED) is 0.452. The Balaban J connectivity index is 2.59. The smallest absolute Gasteiger partial charge is 0.176 e. The first-order chi connectivity index (χ1) is 4.93. The Hall–Kier alpha value is -1.38. The first-order valence-corrected chi connectivity index (χ1v) is 2.81. The fraction of sp³-hybridized carbons (Fsp3) is 0. The molecule has 0 N–H and O–H groups in total. The molecular weight excluding hydrogens is 128 g/mol. The van der Waals surface area contributed by atoms with Gasteiger partial charge in [-0.1, -0.05) is 5.16 Å². The summed E-state index contributed by atoms with van der Waals surface area (Å²) >= 11 is 0. The highest BCUT2D eigenvalue weighted by atomic mass is 16.6. The lowest BCUT2D eigenvalue weighted by molar-refractivity contribution is 0.342. The summed E-state index contributed by atoms with van der Waals surface area (Å²) in [7, 11) is 0. The molecule has 0 aromatic carbocycles. The van der Waals surface area contributed by atoms with Crippen LogP contribution in [0.15, 0.2) is 29.7 Å². The molecule has 3 nitrogen and oxygen atoms in total. The van der Waals surface area contributed by atoms with Crippen molar-refractivity contribution in [3.05, 3.63) is 31.5 Å². The van der Waals surface area contributed by atoms with Crippen molar-refractivity contribution in [1.29, 1.82) is 0 Å². The van der Waals surface area contributed by atoms with Gasteiger partial charge in [0, 0.05) is 12.4 Å². The maximum Gasteiger partial charge on any atom is 0.176 e. The van der Waals surface area contributed by atoms with Gasteiger partial charge in [0.25, 0.3) is 0 Å². The van der Waals surface area contributed by atoms with E-state index in [1.807, 2.05) is 0 Å². The molecule has 0 aliphatic carbocycles. The van der Waals surface area contributed by atoms with Crippen LogP contribution in [0.2, 0.25) is 0 Å². The summed E-state index contributed by atoms with van der Waals surface area (Å²) in [4.78, 5) is 8.62. The van der Waals surface area contributed by atoms with Gasteiger partial charge < -0.3 is 4.84 Å². The molecule has 0 atom stereocenters. The molecule has 1 aromatic heterocycles. The maximum absolute atomic E-state index is 4.80. The number of aromatic nitrogens is 1. The summed E-state index contributed by atoms with van der Waals surface area (Å²) in [5.41, 5.74) is 0. The van der Waals surface area contributed by atoms with Gasteiger partial charge in [-0.3, -0.25) is 4.98 Å². The van der Waals surface area contributed by atoms with Gasteiger partial charge >= 0.3 is 0 Å². The van der Waals surface area contributed by atoms with Gasteiger partial charge in [0.05, 0.1) is 6.20 Å². The third kappa shape index (κ3) is 1.85. The predicted octanol–water partition coefficient (Wildman–Crippen LogP) is 1.28. The van der Waals surface area contributed by atoms with Crippen LogP contribution in [-0.4, -0.2) is 11.2 Å². The minimum atomic E-state index is 0.613. The lowest BCUT2D eigenvalue weighted by Gasteiger charge is -1.93. The van der Waals surface area contributed by atoms with Crippen LogP contribution in [0.5, 0.6) is 5.75 Å². The zero-order valence-corrected chi connectivity index (χ0v) is 5.40. The Kier molecular flexibility index (Phi) is 2.43. The van der Waals surface area contributed by atoms with Gasteiger partial charge in [0.1, 0.15) is 0 Å². The fourth-order valence-electron chi connectivity index (χ4n) is 0.499. The van der Waals surface area contributed by atoms with E-state index in [2.05, 4.69) is 17.1 Å². The number of oxime groups is 1. The first kappa shape index (κ1) is 6.74. The van der Waals surface area contributed by atoms with E-state index in [0.717, 1.165) is 0 Å². The van der Waals surface area contributed by atoms with Crippen LogP contribution in [0.3, 0.4) is 0 Å². The lowest BCUT2D eigenvalue weighted by Crippen LogP contribution is -1.82. The minimum Gasteiger partial charge on any atom is -0.356 e. The van der Waals surface area contributed by atoms with Crippen molar-refractivity contribution in [1.82, 2.24) is 4.98 Å². The normalized spacial score (nSPS) is 10.1. The molecule has 1 heterocycles. The average molecular weight is 135 g/mol. The average Bonchev–Trinajstić information content (AvgIpc) is 2.03. The van der Waals surface area contributed by atoms with Crippen molar-refractivity contribution in [2.75, 3.05) is 0 Å². The molecule has 10 heavy (non-hydrogen) atoms. The Labute approximate surface area is 59.3 Å². The Bertz CT molecular complexity index is 208. The standard InChI is InChI=1S/C7H7N2O/c1-2-9-10-7-4-3-5-8-6-7/h2-6H,1H2. The molecule has 3 heteroatoms. The molecule has 0 amide bonds. The topological polar surface area (TPSA) is 34.5 Å². The van der Waals surface area contributed by atoms with Crippen LogP contribution in [0.25, 0.3) is 0 Å². The van der Waals surface area contributed by atoms with E-state index >= 15 is 0 Å². The van der Waals surface area contributed by atoms with Crippen molar-refractivity contribution in [3.8, 4) is 5.75 Å². The molecule has 1 aromatic rings. The molecule has 0 fully saturated rings. The van der Waals surface area contributed by atoms with Crippen molar-refractivity contribution in [3.63, 3.8) is 0 Å². The van der Waals surface area contributed by atoms with Gasteiger partial charge in [0.2, 0.25) is 0 Å². The monoisotopic (exact) mass is 135 g/mol. The first-order valence-electron chi connectivity index (χ1n) is 2.81. The predicted molar refractivity (Wildman–Crippen MR) is 38.7 cm³/mol. The highest BCUT2D eigenvalue weighted by Crippen LogP contribution is 2.05. The van der Waals surface area contributed by atoms with E-state index in [9.17, 15) is 0 Å². The summed E-state index contributed by atoms with van der Waals surface area (Å²) in [6.45, 7) is 3.36. The highest BCUT2D eigenvalue weighted by molar-refractivity contribution is 5.60. The van der Waals surface area contributed by atoms with Gasteiger partial charge in [-0.05, 0) is 19.1 Å². The molecular formula is C7H7N2O. The van der Waals surface area contributed by atoms with E-state index in [0.29, 0.717) is 5.75 Å². The van der Waals surface area contributed by atoms with E-state index in [1.165, 1.54) is 6.21 Å². The van der Waals surface area contributed by atoms with Crippen LogP contribution in [0.1, 0.15) is 0 Å². The van der Waals surface area contributed by atoms with Crippen LogP contribution in [-0.2, 0) is 0 Å². The summed E-state index contributed by atoms with van der Waals surface area (Å²) in [6, 6.07) is 3.54. The Morgan fingerprint density at radius 1 is 1.70 bits per heavy atom. The zero-order valence-electron chi connectivity index (χ0n) is 5.40.